The zero-order valence-electron chi connectivity index (χ0n) is 10.4. The van der Waals surface area contributed by atoms with Gasteiger partial charge in [0.05, 0.1) is 11.1 Å². The molecule has 0 N–H and O–H groups in total. The Labute approximate surface area is 144 Å². The predicted octanol–water partition coefficient (Wildman–Crippen LogP) is 5.23. The van der Waals surface area contributed by atoms with Gasteiger partial charge in [-0.2, -0.15) is 5.26 Å². The molecule has 0 aromatic heterocycles. The minimum Gasteiger partial charge on any atom is -0.292 e. The maximum atomic E-state index is 13.1. The molecule has 2 aromatic rings. The van der Waals surface area contributed by atoms with Crippen LogP contribution in [0.4, 0.5) is 4.39 Å². The van der Waals surface area contributed by atoms with Crippen LogP contribution in [-0.2, 0) is 0 Å². The number of Topliss-reactive ketones (excluding diaryl/α,β-unsaturated/α-hetero) is 1. The first-order valence-corrected chi connectivity index (χ1v) is 7.61. The number of nitrogens with zero attached hydrogens (tertiary/aromatic N) is 1. The van der Waals surface area contributed by atoms with Crippen molar-refractivity contribution >= 4 is 51.6 Å². The van der Waals surface area contributed by atoms with Crippen molar-refractivity contribution in [3.8, 4) is 6.07 Å². The van der Waals surface area contributed by atoms with Gasteiger partial charge in [0.15, 0.2) is 5.78 Å². The Morgan fingerprint density at radius 3 is 2.48 bits per heavy atom. The van der Waals surface area contributed by atoms with E-state index in [9.17, 15) is 14.4 Å². The molecule has 0 saturated carbocycles. The lowest BCUT2D eigenvalue weighted by molar-refractivity contribution is 0.0979. The van der Waals surface area contributed by atoms with E-state index in [1.165, 1.54) is 18.2 Å². The number of hydrogen-bond donors (Lipinski definition) is 0. The van der Waals surface area contributed by atoms with Crippen molar-refractivity contribution in [3.05, 3.63) is 67.0 Å². The van der Waals surface area contributed by atoms with Gasteiger partial charge in [-0.05, 0) is 52.4 Å². The van der Waals surface area contributed by atoms with E-state index in [4.69, 9.17) is 23.2 Å². The topological polar surface area (TPSA) is 40.9 Å². The van der Waals surface area contributed by atoms with Gasteiger partial charge in [0, 0.05) is 14.2 Å². The molecule has 0 aliphatic heterocycles. The molecule has 0 fully saturated rings. The molecule has 106 valence electrons. The van der Waals surface area contributed by atoms with Gasteiger partial charge >= 0.3 is 0 Å². The molecular weight excluding hydrogens is 427 g/mol. The zero-order chi connectivity index (χ0) is 15.6. The number of nitriles is 1. The summed E-state index contributed by atoms with van der Waals surface area (Å²) in [5.41, 5.74) is 0.590. The predicted molar refractivity (Wildman–Crippen MR) is 88.3 cm³/mol. The van der Waals surface area contributed by atoms with Crippen molar-refractivity contribution in [1.29, 1.82) is 5.26 Å². The van der Waals surface area contributed by atoms with Crippen LogP contribution in [0.15, 0.2) is 36.4 Å². The fraction of sp³-hybridized carbons (Fsp3) is 0.0667. The maximum Gasteiger partial charge on any atom is 0.184 e. The van der Waals surface area contributed by atoms with E-state index in [0.29, 0.717) is 10.6 Å². The summed E-state index contributed by atoms with van der Waals surface area (Å²) in [6.07, 6.45) is 0. The quantitative estimate of drug-likeness (QED) is 0.491. The van der Waals surface area contributed by atoms with Crippen LogP contribution in [0.5, 0.6) is 0 Å². The number of ketones is 1. The summed E-state index contributed by atoms with van der Waals surface area (Å²) in [6, 6.07) is 10.3. The summed E-state index contributed by atoms with van der Waals surface area (Å²) in [5.74, 6) is -2.05. The number of halogens is 4. The fourth-order valence-corrected chi connectivity index (χ4v) is 2.61. The van der Waals surface area contributed by atoms with Crippen LogP contribution in [-0.4, -0.2) is 5.78 Å². The van der Waals surface area contributed by atoms with Crippen LogP contribution in [0, 0.1) is 20.7 Å². The third-order valence-corrected chi connectivity index (χ3v) is 4.77. The highest BCUT2D eigenvalue weighted by molar-refractivity contribution is 14.1. The van der Waals surface area contributed by atoms with Gasteiger partial charge in [-0.25, -0.2) is 4.39 Å². The molecule has 1 atom stereocenters. The van der Waals surface area contributed by atoms with Gasteiger partial charge in [-0.1, -0.05) is 35.3 Å². The maximum absolute atomic E-state index is 13.1. The van der Waals surface area contributed by atoms with E-state index in [0.717, 1.165) is 9.64 Å². The lowest BCUT2D eigenvalue weighted by Crippen LogP contribution is -2.12. The molecule has 2 aromatic carbocycles. The van der Waals surface area contributed by atoms with Crippen LogP contribution < -0.4 is 0 Å². The molecule has 0 radical (unpaired) electrons. The molecule has 0 heterocycles. The van der Waals surface area contributed by atoms with Crippen LogP contribution >= 0.6 is 45.8 Å². The Kier molecular flexibility index (Phi) is 5.20. The minimum atomic E-state index is -1.10. The molecule has 0 saturated heterocycles. The van der Waals surface area contributed by atoms with Gasteiger partial charge in [0.1, 0.15) is 11.7 Å². The first kappa shape index (κ1) is 16.2. The van der Waals surface area contributed by atoms with E-state index < -0.39 is 17.5 Å². The van der Waals surface area contributed by atoms with E-state index in [2.05, 4.69) is 0 Å². The highest BCUT2D eigenvalue weighted by atomic mass is 127. The summed E-state index contributed by atoms with van der Waals surface area (Å²) < 4.78 is 13.9. The third kappa shape index (κ3) is 3.54. The smallest absolute Gasteiger partial charge is 0.184 e. The van der Waals surface area contributed by atoms with E-state index >= 15 is 0 Å². The van der Waals surface area contributed by atoms with Crippen LogP contribution in [0.1, 0.15) is 21.8 Å². The molecule has 1 unspecified atom stereocenters. The largest absolute Gasteiger partial charge is 0.292 e. The molecule has 0 amide bonds. The number of benzene rings is 2. The first-order chi connectivity index (χ1) is 9.93. The van der Waals surface area contributed by atoms with Crippen molar-refractivity contribution in [1.82, 2.24) is 0 Å². The van der Waals surface area contributed by atoms with Crippen molar-refractivity contribution < 1.29 is 9.18 Å². The lowest BCUT2D eigenvalue weighted by atomic mass is 9.92. The number of carbonyl (C=O) groups is 1. The Morgan fingerprint density at radius 2 is 1.90 bits per heavy atom. The second-order valence-corrected chi connectivity index (χ2v) is 6.20. The minimum absolute atomic E-state index is 0.0477. The lowest BCUT2D eigenvalue weighted by Gasteiger charge is -2.11. The van der Waals surface area contributed by atoms with E-state index in [1.54, 1.807) is 12.1 Å². The second kappa shape index (κ2) is 6.73. The molecule has 0 bridgehead atoms. The van der Waals surface area contributed by atoms with E-state index in [1.807, 2.05) is 28.7 Å². The molecule has 0 aliphatic rings. The SMILES string of the molecule is N#CC(C(=O)c1ccc(I)c(Cl)c1)c1ccc(F)cc1Cl. The molecule has 21 heavy (non-hydrogen) atoms. The number of rotatable bonds is 3. The molecular formula is C15H7Cl2FINO. The van der Waals surface area contributed by atoms with Crippen molar-refractivity contribution in [3.63, 3.8) is 0 Å². The summed E-state index contributed by atoms with van der Waals surface area (Å²) in [5, 5.41) is 9.75. The van der Waals surface area contributed by atoms with Gasteiger partial charge in [-0.15, -0.1) is 0 Å². The summed E-state index contributed by atoms with van der Waals surface area (Å²) in [7, 11) is 0. The second-order valence-electron chi connectivity index (χ2n) is 4.22. The van der Waals surface area contributed by atoms with Gasteiger partial charge < -0.3 is 0 Å². The normalized spacial score (nSPS) is 11.8. The zero-order valence-corrected chi connectivity index (χ0v) is 14.1. The van der Waals surface area contributed by atoms with Crippen LogP contribution in [0.3, 0.4) is 0 Å². The van der Waals surface area contributed by atoms with Crippen LogP contribution in [0.25, 0.3) is 0 Å². The van der Waals surface area contributed by atoms with Gasteiger partial charge in [-0.3, -0.25) is 4.79 Å². The van der Waals surface area contributed by atoms with Crippen LogP contribution in [0.2, 0.25) is 10.0 Å². The first-order valence-electron chi connectivity index (χ1n) is 5.78. The van der Waals surface area contributed by atoms with Crippen molar-refractivity contribution in [2.45, 2.75) is 5.92 Å². The Hall–Kier alpha value is -1.16. The van der Waals surface area contributed by atoms with Gasteiger partial charge in [0.25, 0.3) is 0 Å². The summed E-state index contributed by atoms with van der Waals surface area (Å²) in [4.78, 5) is 12.4. The van der Waals surface area contributed by atoms with Crippen molar-refractivity contribution in [2.24, 2.45) is 0 Å². The average molecular weight is 434 g/mol. The molecule has 2 nitrogen and oxygen atoms in total. The number of hydrogen-bond acceptors (Lipinski definition) is 2. The number of carbonyl (C=O) groups excluding carboxylic acids is 1. The van der Waals surface area contributed by atoms with Gasteiger partial charge in [0.2, 0.25) is 0 Å². The van der Waals surface area contributed by atoms with Crippen molar-refractivity contribution in [2.75, 3.05) is 0 Å². The Morgan fingerprint density at radius 1 is 1.19 bits per heavy atom. The monoisotopic (exact) mass is 433 g/mol. The highest BCUT2D eigenvalue weighted by Gasteiger charge is 2.24. The highest BCUT2D eigenvalue weighted by Crippen LogP contribution is 2.29. The Bertz CT molecular complexity index is 758. The standard InChI is InChI=1S/C15H7Cl2FINO/c16-12-6-9(18)2-3-10(12)11(7-20)15(21)8-1-4-14(19)13(17)5-8/h1-6,11H. The summed E-state index contributed by atoms with van der Waals surface area (Å²) >= 11 is 13.9. The molecule has 0 spiro atoms. The molecule has 6 heteroatoms. The third-order valence-electron chi connectivity index (χ3n) is 2.87. The van der Waals surface area contributed by atoms with E-state index in [-0.39, 0.29) is 10.6 Å². The average Bonchev–Trinajstić information content (AvgIpc) is 2.44. The summed E-state index contributed by atoms with van der Waals surface area (Å²) in [6.45, 7) is 0. The fourth-order valence-electron chi connectivity index (χ4n) is 1.82. The Balaban J connectivity index is 2.43. The molecule has 2 rings (SSSR count). The molecule has 0 aliphatic carbocycles.